The highest BCUT2D eigenvalue weighted by molar-refractivity contribution is 8.00. The summed E-state index contributed by atoms with van der Waals surface area (Å²) in [4.78, 5) is 30.4. The minimum atomic E-state index is -0.585. The fraction of sp³-hybridized carbons (Fsp3) is 0.0417. The average molecular weight is 464 g/mol. The van der Waals surface area contributed by atoms with Crippen LogP contribution in [0, 0.1) is 5.82 Å². The number of halogens is 1. The van der Waals surface area contributed by atoms with Crippen molar-refractivity contribution in [3.63, 3.8) is 0 Å². The molecule has 8 heteroatoms. The maximum absolute atomic E-state index is 13.9. The molecule has 3 aromatic carbocycles. The van der Waals surface area contributed by atoms with Gasteiger partial charge in [-0.2, -0.15) is 0 Å². The molecule has 0 saturated heterocycles. The second kappa shape index (κ2) is 10.2. The minimum Gasteiger partial charge on any atom is -0.322 e. The minimum absolute atomic E-state index is 0.0319. The summed E-state index contributed by atoms with van der Waals surface area (Å²) in [6.07, 6.45) is 1.63. The van der Waals surface area contributed by atoms with Gasteiger partial charge in [-0.1, -0.05) is 48.5 Å². The number of hydrogen-bond acceptors (Lipinski definition) is 5. The summed E-state index contributed by atoms with van der Waals surface area (Å²) in [5.74, 6) is -1.32. The number of hydrogen-bond donors (Lipinski definition) is 2. The summed E-state index contributed by atoms with van der Waals surface area (Å²) in [6, 6.07) is 22.4. The lowest BCUT2D eigenvalue weighted by atomic mass is 10.1. The van der Waals surface area contributed by atoms with Crippen molar-refractivity contribution in [2.75, 3.05) is 10.6 Å². The number of benzene rings is 3. The molecule has 0 radical (unpaired) electrons. The molecule has 5 nitrogen and oxygen atoms in total. The maximum Gasteiger partial charge on any atom is 0.258 e. The summed E-state index contributed by atoms with van der Waals surface area (Å²) < 4.78 is 13.9. The molecular weight excluding hydrogens is 445 g/mol. The standard InChI is InChI=1S/C24H18FN3O2S2/c25-20-12-5-4-11-19(20)22(29)27-17-9-6-10-18(15-17)32-21(16-7-2-1-3-8-16)23(30)28-24-26-13-14-31-24/h1-15,21H,(H,27,29)(H,26,28,30). The lowest BCUT2D eigenvalue weighted by molar-refractivity contribution is -0.115. The van der Waals surface area contributed by atoms with Crippen LogP contribution in [0.4, 0.5) is 15.2 Å². The molecule has 0 spiro atoms. The topological polar surface area (TPSA) is 71.1 Å². The van der Waals surface area contributed by atoms with Crippen molar-refractivity contribution in [1.29, 1.82) is 0 Å². The van der Waals surface area contributed by atoms with E-state index < -0.39 is 17.0 Å². The molecule has 1 atom stereocenters. The van der Waals surface area contributed by atoms with Crippen molar-refractivity contribution < 1.29 is 14.0 Å². The third kappa shape index (κ3) is 5.40. The maximum atomic E-state index is 13.9. The molecule has 0 aliphatic heterocycles. The average Bonchev–Trinajstić information content (AvgIpc) is 3.31. The number of thiazole rings is 1. The molecule has 0 aliphatic rings. The van der Waals surface area contributed by atoms with E-state index in [4.69, 9.17) is 0 Å². The van der Waals surface area contributed by atoms with E-state index in [-0.39, 0.29) is 11.5 Å². The van der Waals surface area contributed by atoms with Crippen molar-refractivity contribution in [3.8, 4) is 0 Å². The number of nitrogens with one attached hydrogen (secondary N) is 2. The zero-order chi connectivity index (χ0) is 22.3. The summed E-state index contributed by atoms with van der Waals surface area (Å²) in [5.41, 5.74) is 1.32. The number of nitrogens with zero attached hydrogens (tertiary/aromatic N) is 1. The highest BCUT2D eigenvalue weighted by atomic mass is 32.2. The fourth-order valence-electron chi connectivity index (χ4n) is 2.98. The van der Waals surface area contributed by atoms with Crippen LogP contribution in [0.2, 0.25) is 0 Å². The van der Waals surface area contributed by atoms with E-state index in [2.05, 4.69) is 15.6 Å². The van der Waals surface area contributed by atoms with Crippen LogP contribution in [0.25, 0.3) is 0 Å². The molecule has 0 saturated carbocycles. The zero-order valence-corrected chi connectivity index (χ0v) is 18.3. The van der Waals surface area contributed by atoms with E-state index in [1.54, 1.807) is 35.8 Å². The van der Waals surface area contributed by atoms with Crippen LogP contribution < -0.4 is 10.6 Å². The lowest BCUT2D eigenvalue weighted by Crippen LogP contribution is -2.19. The van der Waals surface area contributed by atoms with Crippen LogP contribution in [-0.4, -0.2) is 16.8 Å². The predicted molar refractivity (Wildman–Crippen MR) is 127 cm³/mol. The number of carbonyl (C=O) groups is 2. The molecule has 1 heterocycles. The Kier molecular flexibility index (Phi) is 6.94. The third-order valence-electron chi connectivity index (χ3n) is 4.47. The third-order valence-corrected chi connectivity index (χ3v) is 6.40. The van der Waals surface area contributed by atoms with Crippen molar-refractivity contribution in [3.05, 3.63) is 107 Å². The highest BCUT2D eigenvalue weighted by Gasteiger charge is 2.23. The van der Waals surface area contributed by atoms with Crippen LogP contribution in [-0.2, 0) is 4.79 Å². The van der Waals surface area contributed by atoms with Crippen LogP contribution >= 0.6 is 23.1 Å². The molecule has 0 fully saturated rings. The van der Waals surface area contributed by atoms with Gasteiger partial charge in [0, 0.05) is 22.2 Å². The SMILES string of the molecule is O=C(Nc1cccc(SC(C(=O)Nc2nccs2)c2ccccc2)c1)c1ccccc1F. The first-order chi connectivity index (χ1) is 15.6. The number of carbonyl (C=O) groups excluding carboxylic acids is 2. The molecule has 0 bridgehead atoms. The number of thioether (sulfide) groups is 1. The van der Waals surface area contributed by atoms with Crippen LogP contribution in [0.5, 0.6) is 0 Å². The van der Waals surface area contributed by atoms with Gasteiger partial charge in [0.25, 0.3) is 5.91 Å². The first-order valence-corrected chi connectivity index (χ1v) is 11.4. The van der Waals surface area contributed by atoms with Crippen molar-refractivity contribution >= 4 is 45.7 Å². The number of amides is 2. The monoisotopic (exact) mass is 463 g/mol. The molecule has 1 unspecified atom stereocenters. The largest absolute Gasteiger partial charge is 0.322 e. The number of anilines is 2. The van der Waals surface area contributed by atoms with E-state index in [0.29, 0.717) is 10.8 Å². The zero-order valence-electron chi connectivity index (χ0n) is 16.7. The van der Waals surface area contributed by atoms with E-state index in [0.717, 1.165) is 10.5 Å². The molecule has 160 valence electrons. The second-order valence-corrected chi connectivity index (χ2v) is 8.77. The Morgan fingerprint density at radius 1 is 0.938 bits per heavy atom. The first kappa shape index (κ1) is 21.7. The van der Waals surface area contributed by atoms with Gasteiger partial charge in [0.15, 0.2) is 5.13 Å². The van der Waals surface area contributed by atoms with Gasteiger partial charge < -0.3 is 10.6 Å². The van der Waals surface area contributed by atoms with E-state index in [1.165, 1.54) is 41.3 Å². The van der Waals surface area contributed by atoms with Gasteiger partial charge >= 0.3 is 0 Å². The van der Waals surface area contributed by atoms with Crippen LogP contribution in [0.1, 0.15) is 21.2 Å². The Bertz CT molecular complexity index is 1220. The van der Waals surface area contributed by atoms with Crippen molar-refractivity contribution in [2.45, 2.75) is 10.1 Å². The Labute approximate surface area is 192 Å². The fourth-order valence-corrected chi connectivity index (χ4v) is 4.60. The summed E-state index contributed by atoms with van der Waals surface area (Å²) in [6.45, 7) is 0. The van der Waals surface area contributed by atoms with Gasteiger partial charge in [0.2, 0.25) is 5.91 Å². The van der Waals surface area contributed by atoms with Gasteiger partial charge in [0.1, 0.15) is 11.1 Å². The smallest absolute Gasteiger partial charge is 0.258 e. The van der Waals surface area contributed by atoms with Gasteiger partial charge in [-0.25, -0.2) is 9.37 Å². The number of rotatable bonds is 7. The number of aromatic nitrogens is 1. The molecule has 2 N–H and O–H groups in total. The predicted octanol–water partition coefficient (Wildman–Crippen LogP) is 6.01. The summed E-state index contributed by atoms with van der Waals surface area (Å²) in [7, 11) is 0. The Morgan fingerprint density at radius 3 is 2.47 bits per heavy atom. The molecule has 4 rings (SSSR count). The van der Waals surface area contributed by atoms with E-state index >= 15 is 0 Å². The molecule has 32 heavy (non-hydrogen) atoms. The lowest BCUT2D eigenvalue weighted by Gasteiger charge is -2.17. The van der Waals surface area contributed by atoms with Gasteiger partial charge in [0.05, 0.1) is 5.56 Å². The van der Waals surface area contributed by atoms with Crippen molar-refractivity contribution in [2.24, 2.45) is 0 Å². The quantitative estimate of drug-likeness (QED) is 0.330. The Morgan fingerprint density at radius 2 is 1.72 bits per heavy atom. The normalized spacial score (nSPS) is 11.5. The van der Waals surface area contributed by atoms with Crippen molar-refractivity contribution in [1.82, 2.24) is 4.98 Å². The summed E-state index contributed by atoms with van der Waals surface area (Å²) >= 11 is 2.70. The second-order valence-electron chi connectivity index (χ2n) is 6.70. The molecule has 0 aliphatic carbocycles. The molecule has 4 aromatic rings. The van der Waals surface area contributed by atoms with Gasteiger partial charge in [-0.05, 0) is 35.9 Å². The van der Waals surface area contributed by atoms with E-state index in [1.807, 2.05) is 36.4 Å². The molecular formula is C24H18FN3O2S2. The van der Waals surface area contributed by atoms with Crippen LogP contribution in [0.15, 0.2) is 95.3 Å². The molecule has 1 aromatic heterocycles. The van der Waals surface area contributed by atoms with Gasteiger partial charge in [-0.15, -0.1) is 23.1 Å². The summed E-state index contributed by atoms with van der Waals surface area (Å²) in [5, 5.41) is 7.36. The Balaban J connectivity index is 1.54. The van der Waals surface area contributed by atoms with E-state index in [9.17, 15) is 14.0 Å². The Hall–Kier alpha value is -3.49. The first-order valence-electron chi connectivity index (χ1n) is 9.68. The van der Waals surface area contributed by atoms with Crippen LogP contribution in [0.3, 0.4) is 0 Å². The molecule has 2 amide bonds. The van der Waals surface area contributed by atoms with Gasteiger partial charge in [-0.3, -0.25) is 9.59 Å². The highest BCUT2D eigenvalue weighted by Crippen LogP contribution is 2.37.